The van der Waals surface area contributed by atoms with Gasteiger partial charge in [0.1, 0.15) is 36.6 Å². The lowest BCUT2D eigenvalue weighted by molar-refractivity contribution is -0.457. The third-order valence-corrected chi connectivity index (χ3v) is 6.07. The molecule has 1 saturated heterocycles. The molecule has 0 saturated carbocycles. The molecule has 1 rings (SSSR count). The number of carboxylic acid groups (broad SMARTS) is 4. The van der Waals surface area contributed by atoms with E-state index in [1.54, 1.807) is 13.8 Å². The number of hydrogen-bond acceptors (Lipinski definition) is 18. The van der Waals surface area contributed by atoms with Crippen molar-refractivity contribution in [1.82, 2.24) is 0 Å². The summed E-state index contributed by atoms with van der Waals surface area (Å²) in [5.41, 5.74) is 10.4. The number of quaternary nitrogens is 4. The zero-order chi connectivity index (χ0) is 53.5. The minimum Gasteiger partial charge on any atom is -0.542 e. The van der Waals surface area contributed by atoms with E-state index >= 15 is 0 Å². The fourth-order valence-corrected chi connectivity index (χ4v) is 2.81. The minimum absolute atomic E-state index is 0.406. The third kappa shape index (κ3) is 28.3. The standard InChI is InChI=1S/C23H42N4O10.4C2HF3O2/c1-20(2,24)16(28)33-10-11-12(35-17(29)21(3,4)25)13(36-18(30)22(5,6)26)14(15(32-9)34-11)37-19(31)23(7,8)27;4*3-2(4,5)1(6)7/h11-15H,10,24-27H2,1-9H3;4*(H,6,7)/t11-,12+,13+,14-,15+;;;;/m1..../s1. The molecule has 1 heterocycles. The molecule has 0 aromatic rings. The van der Waals surface area contributed by atoms with E-state index < -0.39 is 132 Å². The predicted octanol–water partition coefficient (Wildman–Crippen LogP) is -7.09. The van der Waals surface area contributed by atoms with Crippen molar-refractivity contribution in [3.63, 3.8) is 0 Å². The number of alkyl halides is 12. The van der Waals surface area contributed by atoms with Gasteiger partial charge in [0.05, 0.1) is 0 Å². The smallest absolute Gasteiger partial charge is 0.430 e. The molecule has 65 heavy (non-hydrogen) atoms. The van der Waals surface area contributed by atoms with E-state index in [1.807, 2.05) is 0 Å². The summed E-state index contributed by atoms with van der Waals surface area (Å²) >= 11 is 0. The summed E-state index contributed by atoms with van der Waals surface area (Å²) in [5, 5.41) is 35.1. The number of carbonyl (C=O) groups is 8. The van der Waals surface area contributed by atoms with Gasteiger partial charge in [0, 0.05) is 62.5 Å². The molecule has 382 valence electrons. The summed E-state index contributed by atoms with van der Waals surface area (Å²) in [6, 6.07) is 0. The van der Waals surface area contributed by atoms with Crippen LogP contribution in [0.25, 0.3) is 0 Å². The van der Waals surface area contributed by atoms with Crippen LogP contribution in [0.1, 0.15) is 55.4 Å². The van der Waals surface area contributed by atoms with E-state index in [9.17, 15) is 71.9 Å². The minimum atomic E-state index is -5.19. The molecule has 5 atom stereocenters. The van der Waals surface area contributed by atoms with E-state index in [-0.39, 0.29) is 0 Å². The lowest BCUT2D eigenvalue weighted by Crippen LogP contribution is -2.77. The molecule has 0 spiro atoms. The van der Waals surface area contributed by atoms with Crippen molar-refractivity contribution < 1.29 is 163 Å². The maximum atomic E-state index is 12.9. The summed E-state index contributed by atoms with van der Waals surface area (Å²) in [5.74, 6) is -15.0. The first kappa shape index (κ1) is 66.3. The molecule has 1 fully saturated rings. The van der Waals surface area contributed by atoms with Crippen LogP contribution < -0.4 is 43.4 Å². The average molecular weight is 991 g/mol. The monoisotopic (exact) mass is 990 g/mol. The number of esters is 4. The van der Waals surface area contributed by atoms with Crippen molar-refractivity contribution >= 4 is 47.8 Å². The Hall–Kier alpha value is -5.32. The van der Waals surface area contributed by atoms with Gasteiger partial charge in [0.15, 0.2) is 46.8 Å². The number of carboxylic acids is 4. The van der Waals surface area contributed by atoms with E-state index in [0.29, 0.717) is 0 Å². The number of hydrogen-bond donors (Lipinski definition) is 4. The Bertz CT molecular complexity index is 1530. The largest absolute Gasteiger partial charge is 0.542 e. The van der Waals surface area contributed by atoms with E-state index in [2.05, 4.69) is 22.9 Å². The van der Waals surface area contributed by atoms with Crippen molar-refractivity contribution in [2.45, 2.75) is 133 Å². The molecule has 0 aromatic heterocycles. The maximum absolute atomic E-state index is 12.9. The molecule has 22 nitrogen and oxygen atoms in total. The van der Waals surface area contributed by atoms with E-state index in [0.717, 1.165) is 0 Å². The number of carbonyl (C=O) groups excluding carboxylic acids is 8. The van der Waals surface area contributed by atoms with Crippen molar-refractivity contribution in [2.75, 3.05) is 13.7 Å². The second-order valence-electron chi connectivity index (χ2n) is 15.2. The Morgan fingerprint density at radius 2 is 0.662 bits per heavy atom. The van der Waals surface area contributed by atoms with Crippen molar-refractivity contribution in [1.29, 1.82) is 0 Å². The molecule has 0 amide bonds. The maximum Gasteiger partial charge on any atom is 0.430 e. The van der Waals surface area contributed by atoms with Gasteiger partial charge in [-0.25, -0.2) is 19.2 Å². The highest BCUT2D eigenvalue weighted by molar-refractivity contribution is 5.80. The average Bonchev–Trinajstić information content (AvgIpc) is 3.06. The lowest BCUT2D eigenvalue weighted by Gasteiger charge is -2.44. The number of halogens is 12. The Kier molecular flexibility index (Phi) is 25.3. The van der Waals surface area contributed by atoms with Gasteiger partial charge in [-0.1, -0.05) is 0 Å². The van der Waals surface area contributed by atoms with Gasteiger partial charge in [-0.15, -0.1) is 0 Å². The van der Waals surface area contributed by atoms with Gasteiger partial charge < -0.3 is 91.0 Å². The second-order valence-corrected chi connectivity index (χ2v) is 15.2. The molecular formula is C31H46F12N4O18. The fraction of sp³-hybridized carbons (Fsp3) is 0.742. The molecule has 0 aromatic carbocycles. The first-order valence-electron chi connectivity index (χ1n) is 16.8. The quantitative estimate of drug-likeness (QED) is 0.0897. The van der Waals surface area contributed by atoms with Crippen LogP contribution in [-0.4, -0.2) is 139 Å². The second kappa shape index (κ2) is 24.8. The summed E-state index contributed by atoms with van der Waals surface area (Å²) in [6.07, 6.45) is -27.4. The Morgan fingerprint density at radius 1 is 0.446 bits per heavy atom. The normalized spacial score (nSPS) is 19.2. The van der Waals surface area contributed by atoms with E-state index in [4.69, 9.17) is 68.0 Å². The highest BCUT2D eigenvalue weighted by Gasteiger charge is 2.56. The van der Waals surface area contributed by atoms with Crippen LogP contribution in [0.4, 0.5) is 52.7 Å². The topological polar surface area (TPSA) is 395 Å². The number of ether oxygens (including phenoxy) is 6. The Morgan fingerprint density at radius 3 is 0.862 bits per heavy atom. The zero-order valence-electron chi connectivity index (χ0n) is 35.3. The van der Waals surface area contributed by atoms with Gasteiger partial charge in [0.2, 0.25) is 0 Å². The molecular weight excluding hydrogens is 944 g/mol. The molecule has 34 heteroatoms. The van der Waals surface area contributed by atoms with Crippen LogP contribution in [0, 0.1) is 0 Å². The molecule has 1 aliphatic rings. The third-order valence-electron chi connectivity index (χ3n) is 6.07. The van der Waals surface area contributed by atoms with Crippen LogP contribution in [0.5, 0.6) is 0 Å². The molecule has 0 aliphatic carbocycles. The molecule has 0 radical (unpaired) electrons. The summed E-state index contributed by atoms with van der Waals surface area (Å²) < 4.78 is 160. The van der Waals surface area contributed by atoms with Gasteiger partial charge in [-0.3, -0.25) is 0 Å². The van der Waals surface area contributed by atoms with Gasteiger partial charge >= 0.3 is 48.6 Å². The van der Waals surface area contributed by atoms with Crippen LogP contribution in [0.2, 0.25) is 0 Å². The number of aliphatic carboxylic acids is 4. The predicted molar refractivity (Wildman–Crippen MR) is 168 cm³/mol. The SMILES string of the molecule is CO[C@H]1O[C@H](COC(=O)C(C)(C)[NH3+])[C@H](OC(=O)C(C)(C)[NH3+])[C@H](OC(=O)C(C)(C)[NH3+])[C@H]1OC(=O)C(C)(C)[NH3+].O=C([O-])C(F)(F)F.O=C([O-])C(F)(F)F.O=C([O-])C(F)(F)F.O=C([O-])C(F)(F)F. The number of methoxy groups -OCH3 is 1. The van der Waals surface area contributed by atoms with Crippen LogP contribution in [0.3, 0.4) is 0 Å². The molecule has 1 aliphatic heterocycles. The molecule has 0 unspecified atom stereocenters. The zero-order valence-corrected chi connectivity index (χ0v) is 35.3. The fourth-order valence-electron chi connectivity index (χ4n) is 2.81. The summed E-state index contributed by atoms with van der Waals surface area (Å²) in [6.45, 7) is 11.9. The summed E-state index contributed by atoms with van der Waals surface area (Å²) in [7, 11) is 1.29. The Balaban J connectivity index is -0.000000529. The van der Waals surface area contributed by atoms with Crippen molar-refractivity contribution in [2.24, 2.45) is 0 Å². The first-order valence-corrected chi connectivity index (χ1v) is 16.8. The van der Waals surface area contributed by atoms with Crippen LogP contribution >= 0.6 is 0 Å². The van der Waals surface area contributed by atoms with Crippen molar-refractivity contribution in [3.8, 4) is 0 Å². The van der Waals surface area contributed by atoms with Crippen molar-refractivity contribution in [3.05, 3.63) is 0 Å². The van der Waals surface area contributed by atoms with Crippen LogP contribution in [0.15, 0.2) is 0 Å². The van der Waals surface area contributed by atoms with Gasteiger partial charge in [-0.05, 0) is 0 Å². The highest BCUT2D eigenvalue weighted by Crippen LogP contribution is 2.31. The number of rotatable bonds is 10. The lowest BCUT2D eigenvalue weighted by atomic mass is 9.96. The molecule has 12 N–H and O–H groups in total. The summed E-state index contributed by atoms with van der Waals surface area (Å²) in [4.78, 5) is 86.1. The highest BCUT2D eigenvalue weighted by atomic mass is 19.4. The first-order chi connectivity index (χ1) is 28.3. The van der Waals surface area contributed by atoms with Gasteiger partial charge in [0.25, 0.3) is 0 Å². The Labute approximate surface area is 357 Å². The van der Waals surface area contributed by atoms with Gasteiger partial charge in [-0.2, -0.15) is 52.7 Å². The van der Waals surface area contributed by atoms with Crippen LogP contribution in [-0.2, 0) is 66.8 Å². The van der Waals surface area contributed by atoms with E-state index in [1.165, 1.54) is 48.7 Å². The molecule has 0 bridgehead atoms.